The minimum Gasteiger partial charge on any atom is -0.497 e. The van der Waals surface area contributed by atoms with Crippen molar-refractivity contribution in [3.63, 3.8) is 0 Å². The minimum atomic E-state index is 0.112. The van der Waals surface area contributed by atoms with Crippen molar-refractivity contribution in [2.45, 2.75) is 31.7 Å². The molecule has 2 aliphatic rings. The summed E-state index contributed by atoms with van der Waals surface area (Å²) in [6.07, 6.45) is 3.93. The molecule has 1 aromatic heterocycles. The van der Waals surface area contributed by atoms with Crippen LogP contribution in [0.3, 0.4) is 0 Å². The molecule has 0 bridgehead atoms. The Morgan fingerprint density at radius 3 is 2.76 bits per heavy atom. The summed E-state index contributed by atoms with van der Waals surface area (Å²) >= 11 is 1.92. The summed E-state index contributed by atoms with van der Waals surface area (Å²) in [4.78, 5) is 15.0. The molecular formula is C22H30N4O2S. The minimum absolute atomic E-state index is 0.112. The predicted octanol–water partition coefficient (Wildman–Crippen LogP) is 2.31. The number of methoxy groups -OCH3 is 1. The van der Waals surface area contributed by atoms with Crippen LogP contribution in [0.1, 0.15) is 33.7 Å². The van der Waals surface area contributed by atoms with E-state index in [0.717, 1.165) is 68.1 Å². The number of nitrogens with one attached hydrogen (secondary N) is 1. The largest absolute Gasteiger partial charge is 0.497 e. The van der Waals surface area contributed by atoms with Crippen molar-refractivity contribution < 1.29 is 9.53 Å². The molecule has 1 atom stereocenters. The first-order valence-corrected chi connectivity index (χ1v) is 11.6. The second-order valence-corrected chi connectivity index (χ2v) is 9.02. The topological polar surface area (TPSA) is 59.4 Å². The summed E-state index contributed by atoms with van der Waals surface area (Å²) < 4.78 is 7.15. The van der Waals surface area contributed by atoms with E-state index in [0.29, 0.717) is 11.7 Å². The van der Waals surface area contributed by atoms with E-state index in [9.17, 15) is 4.79 Å². The van der Waals surface area contributed by atoms with Crippen molar-refractivity contribution >= 4 is 17.7 Å². The maximum absolute atomic E-state index is 13.1. The summed E-state index contributed by atoms with van der Waals surface area (Å²) in [5.74, 6) is 3.05. The van der Waals surface area contributed by atoms with Crippen LogP contribution < -0.4 is 10.1 Å². The number of aryl methyl sites for hydroxylation is 1. The number of fused-ring (bicyclic) bond motifs is 1. The van der Waals surface area contributed by atoms with Gasteiger partial charge in [0.05, 0.1) is 7.11 Å². The number of aromatic nitrogens is 2. The molecule has 2 aromatic rings. The van der Waals surface area contributed by atoms with Gasteiger partial charge in [0.15, 0.2) is 5.69 Å². The molecule has 1 saturated heterocycles. The van der Waals surface area contributed by atoms with Crippen LogP contribution in [0.4, 0.5) is 0 Å². The van der Waals surface area contributed by atoms with Crippen LogP contribution in [0.15, 0.2) is 24.3 Å². The van der Waals surface area contributed by atoms with E-state index >= 15 is 0 Å². The van der Waals surface area contributed by atoms with Crippen LogP contribution in [0.5, 0.6) is 5.75 Å². The van der Waals surface area contributed by atoms with E-state index in [1.54, 1.807) is 7.11 Å². The highest BCUT2D eigenvalue weighted by Crippen LogP contribution is 2.26. The second kappa shape index (κ2) is 9.22. The van der Waals surface area contributed by atoms with E-state index in [-0.39, 0.29) is 5.91 Å². The van der Waals surface area contributed by atoms with Crippen molar-refractivity contribution in [1.29, 1.82) is 0 Å². The average Bonchev–Trinajstić information content (AvgIpc) is 3.10. The monoisotopic (exact) mass is 414 g/mol. The maximum Gasteiger partial charge on any atom is 0.274 e. The Morgan fingerprint density at radius 2 is 2.03 bits per heavy atom. The van der Waals surface area contributed by atoms with Crippen LogP contribution in [0, 0.1) is 0 Å². The number of carbonyl (C=O) groups is 1. The first-order valence-electron chi connectivity index (χ1n) is 10.4. The molecular weight excluding hydrogens is 384 g/mol. The molecule has 6 nitrogen and oxygen atoms in total. The van der Waals surface area contributed by atoms with Crippen molar-refractivity contribution in [1.82, 2.24) is 20.0 Å². The van der Waals surface area contributed by atoms with E-state index in [4.69, 9.17) is 4.74 Å². The third kappa shape index (κ3) is 4.61. The number of ether oxygens (including phenoxy) is 1. The highest BCUT2D eigenvalue weighted by Gasteiger charge is 2.30. The first kappa shape index (κ1) is 20.3. The van der Waals surface area contributed by atoms with Gasteiger partial charge in [-0.2, -0.15) is 16.9 Å². The molecule has 0 spiro atoms. The zero-order valence-electron chi connectivity index (χ0n) is 17.3. The molecule has 7 heteroatoms. The van der Waals surface area contributed by atoms with Crippen LogP contribution in [0.2, 0.25) is 0 Å². The third-order valence-electron chi connectivity index (χ3n) is 5.96. The first-order chi connectivity index (χ1) is 14.2. The summed E-state index contributed by atoms with van der Waals surface area (Å²) in [6, 6.07) is 8.65. The molecule has 1 unspecified atom stereocenters. The quantitative estimate of drug-likeness (QED) is 0.786. The Bertz CT molecular complexity index is 843. The number of benzene rings is 1. The van der Waals surface area contributed by atoms with Gasteiger partial charge in [0.1, 0.15) is 5.75 Å². The van der Waals surface area contributed by atoms with E-state index < -0.39 is 0 Å². The fraction of sp³-hybridized carbons (Fsp3) is 0.545. The lowest BCUT2D eigenvalue weighted by atomic mass is 9.91. The van der Waals surface area contributed by atoms with Gasteiger partial charge in [-0.1, -0.05) is 12.1 Å². The molecule has 0 radical (unpaired) electrons. The Hall–Kier alpha value is -1.99. The number of thioether (sulfide) groups is 1. The number of nitrogens with zero attached hydrogens (tertiary/aromatic N) is 3. The SMILES string of the molecule is COc1ccc(CCNC2CCc3c(c(C(=O)N4CCSCC4)nn3C)C2)cc1. The lowest BCUT2D eigenvalue weighted by Gasteiger charge is -2.27. The molecule has 1 fully saturated rings. The van der Waals surface area contributed by atoms with Crippen molar-refractivity contribution in [2.24, 2.45) is 7.05 Å². The van der Waals surface area contributed by atoms with Crippen molar-refractivity contribution in [3.05, 3.63) is 46.8 Å². The van der Waals surface area contributed by atoms with Gasteiger partial charge >= 0.3 is 0 Å². The lowest BCUT2D eigenvalue weighted by Crippen LogP contribution is -2.40. The Morgan fingerprint density at radius 1 is 1.28 bits per heavy atom. The molecule has 1 amide bonds. The Balaban J connectivity index is 1.37. The number of carbonyl (C=O) groups excluding carboxylic acids is 1. The number of hydrogen-bond donors (Lipinski definition) is 1. The number of amides is 1. The fourth-order valence-electron chi connectivity index (χ4n) is 4.26. The van der Waals surface area contributed by atoms with Gasteiger partial charge in [0.25, 0.3) is 5.91 Å². The normalized spacial score (nSPS) is 19.1. The third-order valence-corrected chi connectivity index (χ3v) is 6.90. The zero-order valence-corrected chi connectivity index (χ0v) is 18.1. The number of rotatable bonds is 6. The van der Waals surface area contributed by atoms with Crippen LogP contribution in [-0.4, -0.2) is 64.9 Å². The smallest absolute Gasteiger partial charge is 0.274 e. The molecule has 1 aliphatic heterocycles. The van der Waals surface area contributed by atoms with E-state index in [1.807, 2.05) is 40.5 Å². The standard InChI is InChI=1S/C22H30N4O2S/c1-25-20-8-5-17(23-10-9-16-3-6-18(28-2)7-4-16)15-19(20)21(24-25)22(27)26-11-13-29-14-12-26/h3-4,6-7,17,23H,5,8-15H2,1-2H3. The van der Waals surface area contributed by atoms with Crippen molar-refractivity contribution in [3.8, 4) is 5.75 Å². The highest BCUT2D eigenvalue weighted by atomic mass is 32.2. The van der Waals surface area contributed by atoms with E-state index in [1.165, 1.54) is 11.3 Å². The molecule has 156 valence electrons. The van der Waals surface area contributed by atoms with Gasteiger partial charge in [-0.15, -0.1) is 0 Å². The summed E-state index contributed by atoms with van der Waals surface area (Å²) in [6.45, 7) is 2.59. The predicted molar refractivity (Wildman–Crippen MR) is 117 cm³/mol. The van der Waals surface area contributed by atoms with Gasteiger partial charge < -0.3 is 15.0 Å². The van der Waals surface area contributed by atoms with Crippen LogP contribution >= 0.6 is 11.8 Å². The fourth-order valence-corrected chi connectivity index (χ4v) is 5.17. The zero-order chi connectivity index (χ0) is 20.2. The van der Waals surface area contributed by atoms with E-state index in [2.05, 4.69) is 22.5 Å². The summed E-state index contributed by atoms with van der Waals surface area (Å²) in [5.41, 5.74) is 4.36. The molecule has 1 N–H and O–H groups in total. The Kier molecular flexibility index (Phi) is 6.45. The summed E-state index contributed by atoms with van der Waals surface area (Å²) in [5, 5.41) is 8.32. The average molecular weight is 415 g/mol. The van der Waals surface area contributed by atoms with Crippen molar-refractivity contribution in [2.75, 3.05) is 38.2 Å². The number of hydrogen-bond acceptors (Lipinski definition) is 5. The molecule has 4 rings (SSSR count). The highest BCUT2D eigenvalue weighted by molar-refractivity contribution is 7.99. The second-order valence-electron chi connectivity index (χ2n) is 7.79. The van der Waals surface area contributed by atoms with Crippen LogP contribution in [0.25, 0.3) is 0 Å². The van der Waals surface area contributed by atoms with Gasteiger partial charge in [-0.25, -0.2) is 0 Å². The summed E-state index contributed by atoms with van der Waals surface area (Å²) in [7, 11) is 3.66. The molecule has 29 heavy (non-hydrogen) atoms. The maximum atomic E-state index is 13.1. The molecule has 1 aromatic carbocycles. The van der Waals surface area contributed by atoms with Crippen LogP contribution in [-0.2, 0) is 26.3 Å². The van der Waals surface area contributed by atoms with Gasteiger partial charge in [-0.3, -0.25) is 9.48 Å². The van der Waals surface area contributed by atoms with Gasteiger partial charge in [0, 0.05) is 48.9 Å². The molecule has 1 aliphatic carbocycles. The van der Waals surface area contributed by atoms with Gasteiger partial charge in [-0.05, 0) is 49.9 Å². The van der Waals surface area contributed by atoms with Gasteiger partial charge in [0.2, 0.25) is 0 Å². The Labute approximate surface area is 177 Å². The lowest BCUT2D eigenvalue weighted by molar-refractivity contribution is 0.0764. The molecule has 0 saturated carbocycles. The molecule has 2 heterocycles.